The van der Waals surface area contributed by atoms with Crippen molar-refractivity contribution in [1.29, 1.82) is 0 Å². The van der Waals surface area contributed by atoms with E-state index in [0.29, 0.717) is 50.0 Å². The Bertz CT molecular complexity index is 1700. The van der Waals surface area contributed by atoms with E-state index >= 15 is 0 Å². The summed E-state index contributed by atoms with van der Waals surface area (Å²) in [5, 5.41) is 0.379. The van der Waals surface area contributed by atoms with Crippen LogP contribution in [0, 0.1) is 0 Å². The summed E-state index contributed by atoms with van der Waals surface area (Å²) in [7, 11) is 0. The summed E-state index contributed by atoms with van der Waals surface area (Å²) >= 11 is 6.30. The van der Waals surface area contributed by atoms with Crippen molar-refractivity contribution in [2.24, 2.45) is 4.99 Å². The Morgan fingerprint density at radius 3 is 2.68 bits per heavy atom. The molecule has 0 saturated carbocycles. The van der Waals surface area contributed by atoms with Crippen molar-refractivity contribution in [3.63, 3.8) is 0 Å². The number of nitrogens with one attached hydrogen (secondary N) is 1. The molecule has 1 N–H and O–H groups in total. The lowest BCUT2D eigenvalue weighted by Gasteiger charge is -2.31. The van der Waals surface area contributed by atoms with Crippen LogP contribution in [-0.4, -0.2) is 40.5 Å². The molecule has 1 atom stereocenters. The Labute approximate surface area is 220 Å². The lowest BCUT2D eigenvalue weighted by Crippen LogP contribution is -2.40. The topological polar surface area (TPSA) is 87.9 Å². The highest BCUT2D eigenvalue weighted by Crippen LogP contribution is 2.47. The second-order valence-corrected chi connectivity index (χ2v) is 9.69. The number of nitrogens with zero attached hydrogens (tertiary/aromatic N) is 2. The van der Waals surface area contributed by atoms with Crippen LogP contribution in [0.15, 0.2) is 92.1 Å². The zero-order valence-corrected chi connectivity index (χ0v) is 20.8. The molecule has 6 rings (SSSR count). The molecule has 2 aliphatic heterocycles. The number of fused-ring (bicyclic) bond motifs is 1. The second kappa shape index (κ2) is 8.95. The van der Waals surface area contributed by atoms with Gasteiger partial charge in [0.15, 0.2) is 5.58 Å². The number of carbonyl (C=O) groups excluding carboxylic acids is 1. The number of H-pyrrole nitrogens is 1. The number of ether oxygens (including phenoxy) is 1. The van der Waals surface area contributed by atoms with Crippen molar-refractivity contribution >= 4 is 34.3 Å². The van der Waals surface area contributed by atoms with Crippen molar-refractivity contribution in [2.45, 2.75) is 18.9 Å². The van der Waals surface area contributed by atoms with E-state index in [-0.39, 0.29) is 12.1 Å². The van der Waals surface area contributed by atoms with Gasteiger partial charge in [-0.25, -0.2) is 13.6 Å². The fourth-order valence-electron chi connectivity index (χ4n) is 5.01. The SMILES string of the molecule is CC(F)(F)CN1C(=O)C2=C(C(c3cccc4[nH]c(=O)oc34)=NC2)C1c1ccc(Cl)cc1Oc1ccccc1. The van der Waals surface area contributed by atoms with Gasteiger partial charge in [0.05, 0.1) is 30.4 Å². The van der Waals surface area contributed by atoms with Gasteiger partial charge >= 0.3 is 5.76 Å². The quantitative estimate of drug-likeness (QED) is 0.333. The fraction of sp³-hybridized carbons (Fsp3) is 0.179. The number of hydrogen-bond acceptors (Lipinski definition) is 5. The van der Waals surface area contributed by atoms with E-state index in [1.165, 1.54) is 0 Å². The molecule has 192 valence electrons. The average Bonchev–Trinajstić information content (AvgIpc) is 3.53. The van der Waals surface area contributed by atoms with Crippen LogP contribution in [0.4, 0.5) is 8.78 Å². The molecular formula is C28H20ClF2N3O4. The maximum absolute atomic E-state index is 14.4. The highest BCUT2D eigenvalue weighted by Gasteiger charge is 2.48. The smallest absolute Gasteiger partial charge is 0.417 e. The first-order chi connectivity index (χ1) is 18.2. The van der Waals surface area contributed by atoms with Gasteiger partial charge in [-0.05, 0) is 36.4 Å². The Morgan fingerprint density at radius 1 is 1.13 bits per heavy atom. The van der Waals surface area contributed by atoms with Crippen LogP contribution in [-0.2, 0) is 4.79 Å². The first-order valence-corrected chi connectivity index (χ1v) is 12.2. The molecule has 0 fully saturated rings. The minimum Gasteiger partial charge on any atom is -0.457 e. The molecule has 3 aromatic carbocycles. The summed E-state index contributed by atoms with van der Waals surface area (Å²) in [6, 6.07) is 18.0. The molecule has 38 heavy (non-hydrogen) atoms. The number of carbonyl (C=O) groups is 1. The molecule has 0 radical (unpaired) electrons. The van der Waals surface area contributed by atoms with Gasteiger partial charge in [0.2, 0.25) is 0 Å². The molecule has 0 aliphatic carbocycles. The fourth-order valence-corrected chi connectivity index (χ4v) is 5.17. The number of aromatic nitrogens is 1. The first-order valence-electron chi connectivity index (χ1n) is 11.8. The van der Waals surface area contributed by atoms with E-state index in [1.54, 1.807) is 60.7 Å². The number of para-hydroxylation sites is 2. The molecule has 1 amide bonds. The second-order valence-electron chi connectivity index (χ2n) is 9.26. The third kappa shape index (κ3) is 4.18. The van der Waals surface area contributed by atoms with Crippen LogP contribution >= 0.6 is 11.6 Å². The summed E-state index contributed by atoms with van der Waals surface area (Å²) in [6.45, 7) is -0.0267. The Balaban J connectivity index is 1.53. The molecule has 1 unspecified atom stereocenters. The molecule has 0 spiro atoms. The number of aliphatic imine (C=N–C) groups is 1. The molecule has 10 heteroatoms. The van der Waals surface area contributed by atoms with Crippen molar-refractivity contribution < 1.29 is 22.7 Å². The minimum atomic E-state index is -3.16. The van der Waals surface area contributed by atoms with Crippen molar-refractivity contribution in [3.05, 3.63) is 105 Å². The Kier molecular flexibility index (Phi) is 5.68. The summed E-state index contributed by atoms with van der Waals surface area (Å²) in [5.41, 5.74) is 2.86. The largest absolute Gasteiger partial charge is 0.457 e. The van der Waals surface area contributed by atoms with E-state index in [9.17, 15) is 18.4 Å². The van der Waals surface area contributed by atoms with Gasteiger partial charge in [-0.3, -0.25) is 14.8 Å². The number of aromatic amines is 1. The van der Waals surface area contributed by atoms with Crippen molar-refractivity contribution in [2.75, 3.05) is 13.1 Å². The summed E-state index contributed by atoms with van der Waals surface area (Å²) in [4.78, 5) is 33.8. The molecule has 3 heterocycles. The van der Waals surface area contributed by atoms with Crippen LogP contribution in [0.2, 0.25) is 5.02 Å². The van der Waals surface area contributed by atoms with Crippen LogP contribution in [0.1, 0.15) is 24.1 Å². The van der Waals surface area contributed by atoms with Crippen molar-refractivity contribution in [1.82, 2.24) is 9.88 Å². The van der Waals surface area contributed by atoms with Gasteiger partial charge in [-0.15, -0.1) is 0 Å². The third-order valence-corrected chi connectivity index (χ3v) is 6.71. The average molecular weight is 536 g/mol. The molecule has 2 aliphatic rings. The predicted octanol–water partition coefficient (Wildman–Crippen LogP) is 5.90. The van der Waals surface area contributed by atoms with E-state index in [2.05, 4.69) is 9.98 Å². The number of alkyl halides is 2. The van der Waals surface area contributed by atoms with E-state index < -0.39 is 30.2 Å². The molecule has 4 aromatic rings. The van der Waals surface area contributed by atoms with Gasteiger partial charge in [0, 0.05) is 34.2 Å². The van der Waals surface area contributed by atoms with Gasteiger partial charge in [0.25, 0.3) is 11.8 Å². The first kappa shape index (κ1) is 24.1. The van der Waals surface area contributed by atoms with Crippen LogP contribution in [0.25, 0.3) is 11.1 Å². The Morgan fingerprint density at radius 2 is 1.92 bits per heavy atom. The number of oxazole rings is 1. The monoisotopic (exact) mass is 535 g/mol. The highest BCUT2D eigenvalue weighted by molar-refractivity contribution is 6.30. The molecule has 0 saturated heterocycles. The van der Waals surface area contributed by atoms with Gasteiger partial charge in [0.1, 0.15) is 11.5 Å². The third-order valence-electron chi connectivity index (χ3n) is 6.47. The standard InChI is InChI=1S/C28H20ClF2N3O4/c1-28(30,31)14-34-24(17-11-10-15(29)12-21(17)37-16-6-3-2-4-7-16)22-19(26(34)35)13-32-23(22)18-8-5-9-20-25(18)38-27(36)33-20/h2-12,24H,13-14H2,1H3,(H,33,36). The maximum atomic E-state index is 14.4. The van der Waals surface area contributed by atoms with E-state index in [0.717, 1.165) is 11.8 Å². The molecule has 0 bridgehead atoms. The predicted molar refractivity (Wildman–Crippen MR) is 138 cm³/mol. The lowest BCUT2D eigenvalue weighted by atomic mass is 9.91. The van der Waals surface area contributed by atoms with Gasteiger partial charge in [-0.1, -0.05) is 41.9 Å². The zero-order valence-electron chi connectivity index (χ0n) is 20.0. The number of benzene rings is 3. The van der Waals surface area contributed by atoms with Gasteiger partial charge < -0.3 is 14.1 Å². The van der Waals surface area contributed by atoms with Crippen molar-refractivity contribution in [3.8, 4) is 11.5 Å². The number of amides is 1. The maximum Gasteiger partial charge on any atom is 0.417 e. The highest BCUT2D eigenvalue weighted by atomic mass is 35.5. The van der Waals surface area contributed by atoms with E-state index in [1.807, 2.05) is 6.07 Å². The number of rotatable bonds is 6. The zero-order chi connectivity index (χ0) is 26.6. The summed E-state index contributed by atoms with van der Waals surface area (Å²) in [6.07, 6.45) is 0. The number of hydrogen-bond donors (Lipinski definition) is 1. The lowest BCUT2D eigenvalue weighted by molar-refractivity contribution is -0.132. The normalized spacial score (nSPS) is 17.4. The summed E-state index contributed by atoms with van der Waals surface area (Å²) < 4.78 is 40.3. The Hall–Kier alpha value is -4.24. The summed E-state index contributed by atoms with van der Waals surface area (Å²) in [5.74, 6) is -3.50. The van der Waals surface area contributed by atoms with E-state index in [4.69, 9.17) is 20.8 Å². The minimum absolute atomic E-state index is 0.0132. The van der Waals surface area contributed by atoms with Crippen LogP contribution < -0.4 is 10.5 Å². The molecule has 7 nitrogen and oxygen atoms in total. The van der Waals surface area contributed by atoms with Gasteiger partial charge in [-0.2, -0.15) is 0 Å². The van der Waals surface area contributed by atoms with Crippen LogP contribution in [0.3, 0.4) is 0 Å². The van der Waals surface area contributed by atoms with Crippen LogP contribution in [0.5, 0.6) is 11.5 Å². The molecule has 1 aromatic heterocycles. The number of halogens is 3. The molecular weight excluding hydrogens is 516 g/mol.